The number of rotatable bonds is 4. The Morgan fingerprint density at radius 1 is 1.47 bits per heavy atom. The molecule has 0 atom stereocenters. The maximum atomic E-state index is 6.04. The van der Waals surface area contributed by atoms with Crippen LogP contribution in [0.25, 0.3) is 0 Å². The summed E-state index contributed by atoms with van der Waals surface area (Å²) in [6.07, 6.45) is 1.56. The smallest absolute Gasteiger partial charge is 0.192 e. The zero-order valence-electron chi connectivity index (χ0n) is 11.2. The predicted molar refractivity (Wildman–Crippen MR) is 74.8 cm³/mol. The number of hydrogen-bond donors (Lipinski definition) is 1. The van der Waals surface area contributed by atoms with Crippen molar-refractivity contribution in [1.29, 1.82) is 0 Å². The van der Waals surface area contributed by atoms with E-state index in [-0.39, 0.29) is 5.04 Å². The molecule has 1 heterocycles. The lowest BCUT2D eigenvalue weighted by Crippen LogP contribution is -2.41. The van der Waals surface area contributed by atoms with Crippen LogP contribution in [0, 0.1) is 0 Å². The molecule has 0 aliphatic heterocycles. The first kappa shape index (κ1) is 14.5. The van der Waals surface area contributed by atoms with E-state index in [1.807, 2.05) is 0 Å². The van der Waals surface area contributed by atoms with Gasteiger partial charge >= 0.3 is 0 Å². The molecule has 0 saturated heterocycles. The Bertz CT molecular complexity index is 385. The van der Waals surface area contributed by atoms with Crippen molar-refractivity contribution in [2.45, 2.75) is 45.4 Å². The number of nitrogens with zero attached hydrogens (tertiary/aromatic N) is 2. The molecule has 2 N–H and O–H groups in total. The predicted octanol–water partition coefficient (Wildman–Crippen LogP) is 3.14. The minimum atomic E-state index is -1.68. The van der Waals surface area contributed by atoms with E-state index in [4.69, 9.17) is 21.8 Å². The molecule has 4 nitrogen and oxygen atoms in total. The summed E-state index contributed by atoms with van der Waals surface area (Å²) >= 11 is 5.98. The van der Waals surface area contributed by atoms with Crippen molar-refractivity contribution in [1.82, 2.24) is 9.78 Å². The van der Waals surface area contributed by atoms with Gasteiger partial charge in [0.25, 0.3) is 0 Å². The zero-order chi connectivity index (χ0) is 13.3. The van der Waals surface area contributed by atoms with E-state index < -0.39 is 8.32 Å². The van der Waals surface area contributed by atoms with Gasteiger partial charge in [-0.2, -0.15) is 5.10 Å². The maximum absolute atomic E-state index is 6.04. The summed E-state index contributed by atoms with van der Waals surface area (Å²) in [7, 11) is -1.68. The second-order valence-corrected chi connectivity index (χ2v) is 10.9. The van der Waals surface area contributed by atoms with Crippen LogP contribution in [-0.2, 0) is 11.0 Å². The Morgan fingerprint density at radius 3 is 2.47 bits per heavy atom. The Morgan fingerprint density at radius 2 is 2.06 bits per heavy atom. The van der Waals surface area contributed by atoms with E-state index in [1.54, 1.807) is 10.9 Å². The highest BCUT2D eigenvalue weighted by atomic mass is 35.5. The molecule has 0 unspecified atom stereocenters. The minimum absolute atomic E-state index is 0.222. The maximum Gasteiger partial charge on any atom is 0.192 e. The summed E-state index contributed by atoms with van der Waals surface area (Å²) in [4.78, 5) is 0. The second kappa shape index (κ2) is 5.00. The molecule has 0 aromatic carbocycles. The van der Waals surface area contributed by atoms with E-state index in [9.17, 15) is 0 Å². The lowest BCUT2D eigenvalue weighted by Gasteiger charge is -2.36. The van der Waals surface area contributed by atoms with Gasteiger partial charge in [-0.05, 0) is 18.1 Å². The first-order valence-electron chi connectivity index (χ1n) is 5.76. The van der Waals surface area contributed by atoms with Gasteiger partial charge in [-0.25, -0.2) is 4.68 Å². The van der Waals surface area contributed by atoms with Crippen LogP contribution in [-0.4, -0.2) is 24.7 Å². The first-order chi connectivity index (χ1) is 7.65. The van der Waals surface area contributed by atoms with Crippen LogP contribution in [0.3, 0.4) is 0 Å². The molecule has 98 valence electrons. The Labute approximate surface area is 109 Å². The fourth-order valence-corrected chi connectivity index (χ4v) is 2.36. The largest absolute Gasteiger partial charge is 0.415 e. The van der Waals surface area contributed by atoms with Gasteiger partial charge in [-0.15, -0.1) is 0 Å². The van der Waals surface area contributed by atoms with Crippen molar-refractivity contribution in [2.24, 2.45) is 0 Å². The summed E-state index contributed by atoms with van der Waals surface area (Å²) in [6, 6.07) is 0. The molecular formula is C11H22ClN3OSi. The molecule has 0 radical (unpaired) electrons. The van der Waals surface area contributed by atoms with E-state index in [2.05, 4.69) is 39.0 Å². The van der Waals surface area contributed by atoms with Crippen molar-refractivity contribution < 1.29 is 4.43 Å². The average molecular weight is 276 g/mol. The molecule has 0 aliphatic carbocycles. The van der Waals surface area contributed by atoms with Crippen molar-refractivity contribution >= 4 is 25.6 Å². The molecule has 0 spiro atoms. The van der Waals surface area contributed by atoms with Gasteiger partial charge in [0.2, 0.25) is 0 Å². The number of halogens is 1. The zero-order valence-corrected chi connectivity index (χ0v) is 13.0. The third-order valence-corrected chi connectivity index (χ3v) is 8.32. The normalized spacial score (nSPS) is 13.1. The van der Waals surface area contributed by atoms with Crippen molar-refractivity contribution in [3.05, 3.63) is 11.3 Å². The SMILES string of the molecule is CC(C)(C)[Si](C)(C)OCCn1ncc(N)c1Cl. The molecule has 1 rings (SSSR count). The van der Waals surface area contributed by atoms with Crippen LogP contribution < -0.4 is 5.73 Å². The van der Waals surface area contributed by atoms with Crippen LogP contribution in [0.15, 0.2) is 6.20 Å². The van der Waals surface area contributed by atoms with Crippen molar-refractivity contribution in [3.63, 3.8) is 0 Å². The van der Waals surface area contributed by atoms with Gasteiger partial charge in [-0.3, -0.25) is 0 Å². The molecule has 6 heteroatoms. The summed E-state index contributed by atoms with van der Waals surface area (Å²) in [5.41, 5.74) is 6.13. The lowest BCUT2D eigenvalue weighted by molar-refractivity contribution is 0.266. The van der Waals surface area contributed by atoms with Gasteiger partial charge in [0, 0.05) is 0 Å². The van der Waals surface area contributed by atoms with Crippen molar-refractivity contribution in [3.8, 4) is 0 Å². The summed E-state index contributed by atoms with van der Waals surface area (Å²) in [5, 5.41) is 4.80. The molecule has 0 fully saturated rings. The molecular weight excluding hydrogens is 254 g/mol. The Balaban J connectivity index is 2.51. The van der Waals surface area contributed by atoms with Gasteiger partial charge in [0.05, 0.1) is 25.0 Å². The van der Waals surface area contributed by atoms with Crippen LogP contribution in [0.4, 0.5) is 5.69 Å². The molecule has 1 aromatic heterocycles. The molecule has 17 heavy (non-hydrogen) atoms. The number of hydrogen-bond acceptors (Lipinski definition) is 3. The van der Waals surface area contributed by atoms with E-state index in [1.165, 1.54) is 0 Å². The Hall–Kier alpha value is -0.523. The standard InChI is InChI=1S/C11H22ClN3OSi/c1-11(2,3)17(4,5)16-7-6-15-10(12)9(13)8-14-15/h8H,6-7,13H2,1-5H3. The highest BCUT2D eigenvalue weighted by Crippen LogP contribution is 2.36. The van der Waals surface area contributed by atoms with E-state index in [0.29, 0.717) is 24.0 Å². The molecule has 0 aliphatic rings. The number of anilines is 1. The minimum Gasteiger partial charge on any atom is -0.415 e. The summed E-state index contributed by atoms with van der Waals surface area (Å²) in [6.45, 7) is 12.4. The second-order valence-electron chi connectivity index (χ2n) is 5.72. The molecule has 0 amide bonds. The molecule has 0 bridgehead atoms. The van der Waals surface area contributed by atoms with Gasteiger partial charge in [-0.1, -0.05) is 32.4 Å². The number of nitrogens with two attached hydrogens (primary N) is 1. The highest BCUT2D eigenvalue weighted by Gasteiger charge is 2.36. The fourth-order valence-electron chi connectivity index (χ4n) is 1.14. The fraction of sp³-hybridized carbons (Fsp3) is 0.727. The number of aromatic nitrogens is 2. The van der Waals surface area contributed by atoms with Gasteiger partial charge in [0.1, 0.15) is 5.15 Å². The van der Waals surface area contributed by atoms with Crippen LogP contribution in [0.1, 0.15) is 20.8 Å². The van der Waals surface area contributed by atoms with E-state index in [0.717, 1.165) is 0 Å². The number of nitrogen functional groups attached to an aromatic ring is 1. The van der Waals surface area contributed by atoms with Crippen LogP contribution in [0.2, 0.25) is 23.3 Å². The van der Waals surface area contributed by atoms with Crippen molar-refractivity contribution in [2.75, 3.05) is 12.3 Å². The van der Waals surface area contributed by atoms with Gasteiger partial charge in [0.15, 0.2) is 8.32 Å². The van der Waals surface area contributed by atoms with Gasteiger partial charge < -0.3 is 10.2 Å². The quantitative estimate of drug-likeness (QED) is 0.859. The topological polar surface area (TPSA) is 53.1 Å². The van der Waals surface area contributed by atoms with E-state index >= 15 is 0 Å². The molecule has 1 aromatic rings. The first-order valence-corrected chi connectivity index (χ1v) is 9.04. The summed E-state index contributed by atoms with van der Waals surface area (Å²) < 4.78 is 7.71. The monoisotopic (exact) mass is 275 g/mol. The third-order valence-electron chi connectivity index (χ3n) is 3.37. The third kappa shape index (κ3) is 3.47. The van der Waals surface area contributed by atoms with Crippen LogP contribution >= 0.6 is 11.6 Å². The lowest BCUT2D eigenvalue weighted by atomic mass is 10.2. The highest BCUT2D eigenvalue weighted by molar-refractivity contribution is 6.74. The Kier molecular flexibility index (Phi) is 4.27. The van der Waals surface area contributed by atoms with Crippen LogP contribution in [0.5, 0.6) is 0 Å². The average Bonchev–Trinajstić information content (AvgIpc) is 2.47. The molecule has 0 saturated carbocycles. The summed E-state index contributed by atoms with van der Waals surface area (Å²) in [5.74, 6) is 0.